The Hall–Kier alpha value is -2.32. The van der Waals surface area contributed by atoms with Crippen LogP contribution >= 0.6 is 15.9 Å². The number of carbonyl (C=O) groups excluding carboxylic acids is 2. The van der Waals surface area contributed by atoms with Crippen molar-refractivity contribution in [3.8, 4) is 0 Å². The first kappa shape index (κ1) is 16.2. The lowest BCUT2D eigenvalue weighted by molar-refractivity contribution is -0.118. The number of hydrogen-bond donors (Lipinski definition) is 1. The Balaban J connectivity index is 1.56. The number of carbonyl (C=O) groups is 2. The first-order chi connectivity index (χ1) is 12.1. The molecule has 0 aliphatic carbocycles. The van der Waals surface area contributed by atoms with E-state index in [1.807, 2.05) is 12.1 Å². The lowest BCUT2D eigenvalue weighted by Gasteiger charge is -2.48. The molecule has 8 heteroatoms. The summed E-state index contributed by atoms with van der Waals surface area (Å²) in [6.07, 6.45) is 3.09. The fourth-order valence-electron chi connectivity index (χ4n) is 3.26. The Morgan fingerprint density at radius 3 is 2.76 bits per heavy atom. The summed E-state index contributed by atoms with van der Waals surface area (Å²) in [5, 5.41) is 2.61. The quantitative estimate of drug-likeness (QED) is 0.842. The molecule has 2 amide bonds. The maximum absolute atomic E-state index is 12.8. The van der Waals surface area contributed by atoms with Crippen LogP contribution < -0.4 is 5.32 Å². The van der Waals surface area contributed by atoms with E-state index in [4.69, 9.17) is 4.74 Å². The van der Waals surface area contributed by atoms with E-state index in [-0.39, 0.29) is 29.7 Å². The standard InChI is InChI=1S/C17H15BrN4O3/c18-11-2-3-12-13(6-11)17(9-25-10-17)8-22(15(12)24)7-14(23)21-16-19-4-1-5-20-16/h1-6H,7-10H2,(H,19,20,21,23). The number of hydrogen-bond acceptors (Lipinski definition) is 5. The smallest absolute Gasteiger partial charge is 0.254 e. The van der Waals surface area contributed by atoms with Crippen LogP contribution in [0.25, 0.3) is 0 Å². The molecule has 1 aromatic carbocycles. The Morgan fingerprint density at radius 1 is 1.32 bits per heavy atom. The summed E-state index contributed by atoms with van der Waals surface area (Å²) in [6, 6.07) is 7.28. The maximum atomic E-state index is 12.8. The minimum Gasteiger partial charge on any atom is -0.379 e. The van der Waals surface area contributed by atoms with Gasteiger partial charge in [0, 0.05) is 29.0 Å². The summed E-state index contributed by atoms with van der Waals surface area (Å²) in [6.45, 7) is 1.50. The van der Waals surface area contributed by atoms with E-state index in [0.717, 1.165) is 10.0 Å². The number of rotatable bonds is 3. The number of aromatic nitrogens is 2. The molecule has 0 atom stereocenters. The molecule has 0 saturated carbocycles. The molecule has 1 saturated heterocycles. The highest BCUT2D eigenvalue weighted by Crippen LogP contribution is 2.40. The highest BCUT2D eigenvalue weighted by Gasteiger charge is 2.48. The summed E-state index contributed by atoms with van der Waals surface area (Å²) in [5.74, 6) is -0.248. The highest BCUT2D eigenvalue weighted by atomic mass is 79.9. The topological polar surface area (TPSA) is 84.4 Å². The number of halogens is 1. The minimum absolute atomic E-state index is 0.0473. The van der Waals surface area contributed by atoms with Gasteiger partial charge in [0.15, 0.2) is 0 Å². The van der Waals surface area contributed by atoms with Gasteiger partial charge in [0.2, 0.25) is 11.9 Å². The van der Waals surface area contributed by atoms with Gasteiger partial charge in [-0.05, 0) is 29.8 Å². The molecule has 2 aromatic rings. The molecular weight excluding hydrogens is 388 g/mol. The Kier molecular flexibility index (Phi) is 4.01. The normalized spacial score (nSPS) is 17.8. The molecule has 0 bridgehead atoms. The molecule has 2 aliphatic rings. The summed E-state index contributed by atoms with van der Waals surface area (Å²) in [5.41, 5.74) is 1.37. The number of benzene rings is 1. The zero-order valence-corrected chi connectivity index (χ0v) is 14.8. The van der Waals surface area contributed by atoms with E-state index in [1.165, 1.54) is 0 Å². The number of nitrogens with one attached hydrogen (secondary N) is 1. The highest BCUT2D eigenvalue weighted by molar-refractivity contribution is 9.10. The Bertz CT molecular complexity index is 839. The van der Waals surface area contributed by atoms with Crippen LogP contribution in [0.1, 0.15) is 15.9 Å². The third-order valence-electron chi connectivity index (χ3n) is 4.47. The zero-order valence-electron chi connectivity index (χ0n) is 13.2. The van der Waals surface area contributed by atoms with Crippen molar-refractivity contribution in [2.24, 2.45) is 0 Å². The molecule has 128 valence electrons. The Labute approximate surface area is 152 Å². The van der Waals surface area contributed by atoms with Crippen LogP contribution in [-0.2, 0) is 14.9 Å². The fourth-order valence-corrected chi connectivity index (χ4v) is 3.62. The summed E-state index contributed by atoms with van der Waals surface area (Å²) < 4.78 is 6.35. The molecule has 1 N–H and O–H groups in total. The molecule has 0 radical (unpaired) electrons. The van der Waals surface area contributed by atoms with Gasteiger partial charge in [0.05, 0.1) is 18.6 Å². The van der Waals surface area contributed by atoms with Crippen molar-refractivity contribution in [3.63, 3.8) is 0 Å². The van der Waals surface area contributed by atoms with Gasteiger partial charge in [-0.3, -0.25) is 14.9 Å². The summed E-state index contributed by atoms with van der Waals surface area (Å²) >= 11 is 3.46. The van der Waals surface area contributed by atoms with Crippen LogP contribution in [0.5, 0.6) is 0 Å². The fraction of sp³-hybridized carbons (Fsp3) is 0.294. The Morgan fingerprint density at radius 2 is 2.08 bits per heavy atom. The maximum Gasteiger partial charge on any atom is 0.254 e. The number of anilines is 1. The van der Waals surface area contributed by atoms with Gasteiger partial charge in [-0.1, -0.05) is 15.9 Å². The van der Waals surface area contributed by atoms with E-state index in [2.05, 4.69) is 31.2 Å². The molecule has 25 heavy (non-hydrogen) atoms. The van der Waals surface area contributed by atoms with Crippen LogP contribution in [0.3, 0.4) is 0 Å². The first-order valence-electron chi connectivity index (χ1n) is 7.81. The monoisotopic (exact) mass is 402 g/mol. The second-order valence-electron chi connectivity index (χ2n) is 6.24. The molecule has 0 unspecified atom stereocenters. The van der Waals surface area contributed by atoms with Crippen molar-refractivity contribution in [2.75, 3.05) is 31.6 Å². The van der Waals surface area contributed by atoms with Crippen LogP contribution in [0.15, 0.2) is 41.1 Å². The van der Waals surface area contributed by atoms with Gasteiger partial charge in [0.1, 0.15) is 6.54 Å². The first-order valence-corrected chi connectivity index (χ1v) is 8.61. The average Bonchev–Trinajstić information content (AvgIpc) is 2.56. The van der Waals surface area contributed by atoms with Gasteiger partial charge >= 0.3 is 0 Å². The SMILES string of the molecule is O=C(CN1CC2(COC2)c2cc(Br)ccc2C1=O)Nc1ncccn1. The average molecular weight is 403 g/mol. The predicted octanol–water partition coefficient (Wildman–Crippen LogP) is 1.60. The minimum atomic E-state index is -0.324. The molecule has 1 aromatic heterocycles. The van der Waals surface area contributed by atoms with Gasteiger partial charge < -0.3 is 9.64 Å². The van der Waals surface area contributed by atoms with Crippen LogP contribution in [0.2, 0.25) is 0 Å². The van der Waals surface area contributed by atoms with Crippen molar-refractivity contribution in [3.05, 3.63) is 52.3 Å². The van der Waals surface area contributed by atoms with Crippen molar-refractivity contribution in [1.82, 2.24) is 14.9 Å². The number of ether oxygens (including phenoxy) is 1. The van der Waals surface area contributed by atoms with Crippen LogP contribution in [-0.4, -0.2) is 53.0 Å². The van der Waals surface area contributed by atoms with Crippen molar-refractivity contribution < 1.29 is 14.3 Å². The summed E-state index contributed by atoms with van der Waals surface area (Å²) in [7, 11) is 0. The largest absolute Gasteiger partial charge is 0.379 e. The van der Waals surface area contributed by atoms with Crippen LogP contribution in [0, 0.1) is 0 Å². The third kappa shape index (κ3) is 2.91. The van der Waals surface area contributed by atoms with Crippen LogP contribution in [0.4, 0.5) is 5.95 Å². The van der Waals surface area contributed by atoms with Gasteiger partial charge in [-0.15, -0.1) is 0 Å². The van der Waals surface area contributed by atoms with E-state index < -0.39 is 0 Å². The predicted molar refractivity (Wildman–Crippen MR) is 93.2 cm³/mol. The molecular formula is C17H15BrN4O3. The van der Waals surface area contributed by atoms with E-state index in [0.29, 0.717) is 25.3 Å². The number of amides is 2. The lowest BCUT2D eigenvalue weighted by Crippen LogP contribution is -2.60. The zero-order chi connectivity index (χ0) is 17.4. The van der Waals surface area contributed by atoms with Gasteiger partial charge in [-0.25, -0.2) is 9.97 Å². The molecule has 1 fully saturated rings. The summed E-state index contributed by atoms with van der Waals surface area (Å²) in [4.78, 5) is 34.6. The molecule has 7 nitrogen and oxygen atoms in total. The third-order valence-corrected chi connectivity index (χ3v) is 4.97. The second kappa shape index (κ2) is 6.20. The van der Waals surface area contributed by atoms with Crippen molar-refractivity contribution in [1.29, 1.82) is 0 Å². The second-order valence-corrected chi connectivity index (χ2v) is 7.16. The molecule has 3 heterocycles. The van der Waals surface area contributed by atoms with E-state index in [1.54, 1.807) is 29.4 Å². The van der Waals surface area contributed by atoms with Crippen molar-refractivity contribution in [2.45, 2.75) is 5.41 Å². The molecule has 2 aliphatic heterocycles. The molecule has 4 rings (SSSR count). The molecule has 1 spiro atoms. The van der Waals surface area contributed by atoms with Gasteiger partial charge in [0.25, 0.3) is 5.91 Å². The van der Waals surface area contributed by atoms with E-state index in [9.17, 15) is 9.59 Å². The van der Waals surface area contributed by atoms with Crippen molar-refractivity contribution >= 4 is 33.7 Å². The number of fused-ring (bicyclic) bond motifs is 2. The van der Waals surface area contributed by atoms with E-state index >= 15 is 0 Å². The number of nitrogens with zero attached hydrogens (tertiary/aromatic N) is 3. The van der Waals surface area contributed by atoms with Gasteiger partial charge in [-0.2, -0.15) is 0 Å². The lowest BCUT2D eigenvalue weighted by atomic mass is 9.73.